The fourth-order valence-corrected chi connectivity index (χ4v) is 3.57. The van der Waals surface area contributed by atoms with Gasteiger partial charge in [-0.25, -0.2) is 4.98 Å². The first kappa shape index (κ1) is 16.1. The number of hydrogen-bond acceptors (Lipinski definition) is 6. The van der Waals surface area contributed by atoms with E-state index in [0.717, 1.165) is 12.8 Å². The molecular weight excluding hydrogens is 318 g/mol. The van der Waals surface area contributed by atoms with Crippen molar-refractivity contribution >= 4 is 34.1 Å². The number of hydrogen-bond donors (Lipinski definition) is 1. The number of aromatic nitrogens is 1. The van der Waals surface area contributed by atoms with E-state index in [0.29, 0.717) is 24.7 Å². The highest BCUT2D eigenvalue weighted by atomic mass is 32.1. The molecule has 1 unspecified atom stereocenters. The van der Waals surface area contributed by atoms with Crippen LogP contribution in [0.2, 0.25) is 0 Å². The second kappa shape index (κ2) is 6.76. The Morgan fingerprint density at radius 3 is 2.91 bits per heavy atom. The Morgan fingerprint density at radius 2 is 2.26 bits per heavy atom. The number of ketones is 1. The van der Waals surface area contributed by atoms with Gasteiger partial charge in [-0.3, -0.25) is 14.4 Å². The van der Waals surface area contributed by atoms with E-state index in [1.54, 1.807) is 11.6 Å². The third kappa shape index (κ3) is 3.59. The summed E-state index contributed by atoms with van der Waals surface area (Å²) in [4.78, 5) is 41.7. The van der Waals surface area contributed by atoms with Crippen LogP contribution in [0.15, 0.2) is 11.6 Å². The van der Waals surface area contributed by atoms with Gasteiger partial charge >= 0.3 is 0 Å². The number of rotatable bonds is 4. The number of thiazole rings is 1. The van der Waals surface area contributed by atoms with Gasteiger partial charge in [0.2, 0.25) is 11.8 Å². The molecule has 1 N–H and O–H groups in total. The molecule has 0 bridgehead atoms. The summed E-state index contributed by atoms with van der Waals surface area (Å²) in [6.45, 7) is 1.22. The Kier molecular flexibility index (Phi) is 4.72. The molecule has 1 atom stereocenters. The summed E-state index contributed by atoms with van der Waals surface area (Å²) in [5.74, 6) is -0.422. The van der Waals surface area contributed by atoms with E-state index in [-0.39, 0.29) is 37.0 Å². The molecule has 23 heavy (non-hydrogen) atoms. The lowest BCUT2D eigenvalue weighted by atomic mass is 9.87. The predicted octanol–water partition coefficient (Wildman–Crippen LogP) is 1.21. The van der Waals surface area contributed by atoms with Gasteiger partial charge < -0.3 is 15.0 Å². The van der Waals surface area contributed by atoms with Gasteiger partial charge in [-0.05, 0) is 12.8 Å². The minimum Gasteiger partial charge on any atom is -0.367 e. The number of carbonyl (C=O) groups excluding carboxylic acids is 3. The quantitative estimate of drug-likeness (QED) is 0.892. The first-order valence-electron chi connectivity index (χ1n) is 7.73. The molecule has 124 valence electrons. The summed E-state index contributed by atoms with van der Waals surface area (Å²) in [6.07, 6.45) is 4.00. The molecule has 0 saturated carbocycles. The maximum atomic E-state index is 12.3. The average Bonchev–Trinajstić information content (AvgIpc) is 3.20. The number of nitrogens with zero attached hydrogens (tertiary/aromatic N) is 2. The smallest absolute Gasteiger partial charge is 0.226 e. The lowest BCUT2D eigenvalue weighted by molar-refractivity contribution is -0.152. The second-order valence-corrected chi connectivity index (χ2v) is 6.71. The van der Waals surface area contributed by atoms with Crippen LogP contribution in [0.3, 0.4) is 0 Å². The van der Waals surface area contributed by atoms with Crippen LogP contribution in [0.25, 0.3) is 0 Å². The zero-order chi connectivity index (χ0) is 16.3. The monoisotopic (exact) mass is 337 g/mol. The summed E-state index contributed by atoms with van der Waals surface area (Å²) < 4.78 is 5.62. The van der Waals surface area contributed by atoms with Crippen molar-refractivity contribution in [3.05, 3.63) is 11.6 Å². The van der Waals surface area contributed by atoms with Crippen molar-refractivity contribution < 1.29 is 19.1 Å². The number of Topliss-reactive ketones (excluding diaryl/α,β-unsaturated/α-hetero) is 1. The summed E-state index contributed by atoms with van der Waals surface area (Å²) in [6, 6.07) is 0. The van der Waals surface area contributed by atoms with Crippen LogP contribution in [0.1, 0.15) is 32.1 Å². The summed E-state index contributed by atoms with van der Waals surface area (Å²) in [7, 11) is 0. The Bertz CT molecular complexity index is 596. The van der Waals surface area contributed by atoms with Crippen LogP contribution >= 0.6 is 11.3 Å². The number of ether oxygens (including phenoxy) is 1. The molecule has 2 aliphatic heterocycles. The van der Waals surface area contributed by atoms with Gasteiger partial charge in [-0.15, -0.1) is 11.3 Å². The highest BCUT2D eigenvalue weighted by Crippen LogP contribution is 2.33. The maximum Gasteiger partial charge on any atom is 0.226 e. The molecule has 2 saturated heterocycles. The fourth-order valence-electron chi connectivity index (χ4n) is 3.02. The molecule has 2 fully saturated rings. The average molecular weight is 337 g/mol. The molecule has 3 heterocycles. The Hall–Kier alpha value is -1.80. The van der Waals surface area contributed by atoms with Crippen LogP contribution in [-0.2, 0) is 19.1 Å². The molecular formula is C15H19N3O4S. The number of piperidine rings is 1. The van der Waals surface area contributed by atoms with E-state index < -0.39 is 5.60 Å². The summed E-state index contributed by atoms with van der Waals surface area (Å²) in [5, 5.41) is 4.93. The molecule has 8 heteroatoms. The van der Waals surface area contributed by atoms with E-state index in [1.165, 1.54) is 16.2 Å². The topological polar surface area (TPSA) is 88.6 Å². The molecule has 1 aromatic heterocycles. The van der Waals surface area contributed by atoms with Gasteiger partial charge in [0.15, 0.2) is 10.9 Å². The zero-order valence-corrected chi connectivity index (χ0v) is 13.6. The number of amides is 2. The van der Waals surface area contributed by atoms with E-state index in [4.69, 9.17) is 4.74 Å². The lowest BCUT2D eigenvalue weighted by Gasteiger charge is -2.37. The van der Waals surface area contributed by atoms with Crippen molar-refractivity contribution in [2.75, 3.05) is 25.0 Å². The molecule has 2 amide bonds. The summed E-state index contributed by atoms with van der Waals surface area (Å²) in [5.41, 5.74) is -0.654. The van der Waals surface area contributed by atoms with Crippen LogP contribution in [0.4, 0.5) is 5.13 Å². The SMILES string of the molecule is O=C(CCC(=O)N1CCC2(CCCO2)C(=O)C1)Nc1nccs1. The van der Waals surface area contributed by atoms with Crippen LogP contribution in [0.5, 0.6) is 0 Å². The van der Waals surface area contributed by atoms with Gasteiger partial charge in [0.05, 0.1) is 6.54 Å². The van der Waals surface area contributed by atoms with Crippen molar-refractivity contribution in [3.8, 4) is 0 Å². The highest BCUT2D eigenvalue weighted by molar-refractivity contribution is 7.13. The molecule has 1 aromatic rings. The largest absolute Gasteiger partial charge is 0.367 e. The third-order valence-corrected chi connectivity index (χ3v) is 5.02. The predicted molar refractivity (Wildman–Crippen MR) is 84.1 cm³/mol. The van der Waals surface area contributed by atoms with Gasteiger partial charge in [0.1, 0.15) is 5.60 Å². The van der Waals surface area contributed by atoms with Crippen molar-refractivity contribution in [2.24, 2.45) is 0 Å². The number of nitrogens with one attached hydrogen (secondary N) is 1. The molecule has 2 aliphatic rings. The highest BCUT2D eigenvalue weighted by Gasteiger charge is 2.46. The lowest BCUT2D eigenvalue weighted by Crippen LogP contribution is -2.53. The van der Waals surface area contributed by atoms with Crippen LogP contribution in [0, 0.1) is 0 Å². The van der Waals surface area contributed by atoms with Gasteiger partial charge in [0, 0.05) is 44.0 Å². The van der Waals surface area contributed by atoms with Crippen LogP contribution in [-0.4, -0.2) is 52.8 Å². The molecule has 0 aromatic carbocycles. The standard InChI is InChI=1S/C15H19N3O4S/c19-11-10-18(7-5-15(11)4-1-8-22-15)13(21)3-2-12(20)17-14-16-6-9-23-14/h6,9H,1-5,7-8,10H2,(H,16,17,20). The van der Waals surface area contributed by atoms with Crippen molar-refractivity contribution in [1.82, 2.24) is 9.88 Å². The number of anilines is 1. The van der Waals surface area contributed by atoms with Crippen LogP contribution < -0.4 is 5.32 Å². The van der Waals surface area contributed by atoms with E-state index in [9.17, 15) is 14.4 Å². The minimum absolute atomic E-state index is 0.0122. The maximum absolute atomic E-state index is 12.3. The molecule has 1 spiro atoms. The molecule has 0 radical (unpaired) electrons. The zero-order valence-electron chi connectivity index (χ0n) is 12.7. The minimum atomic E-state index is -0.654. The second-order valence-electron chi connectivity index (χ2n) is 5.82. The Labute approximate surface area is 138 Å². The molecule has 7 nitrogen and oxygen atoms in total. The van der Waals surface area contributed by atoms with E-state index in [2.05, 4.69) is 10.3 Å². The normalized spacial score (nSPS) is 24.2. The Morgan fingerprint density at radius 1 is 1.39 bits per heavy atom. The number of likely N-dealkylation sites (tertiary alicyclic amines) is 1. The van der Waals surface area contributed by atoms with E-state index >= 15 is 0 Å². The number of carbonyl (C=O) groups is 3. The Balaban J connectivity index is 1.46. The molecule has 3 rings (SSSR count). The first-order valence-corrected chi connectivity index (χ1v) is 8.61. The fraction of sp³-hybridized carbons (Fsp3) is 0.600. The van der Waals surface area contributed by atoms with Gasteiger partial charge in [-0.1, -0.05) is 0 Å². The first-order chi connectivity index (χ1) is 11.1. The van der Waals surface area contributed by atoms with Crippen molar-refractivity contribution in [1.29, 1.82) is 0 Å². The van der Waals surface area contributed by atoms with Crippen molar-refractivity contribution in [2.45, 2.75) is 37.7 Å². The van der Waals surface area contributed by atoms with Gasteiger partial charge in [-0.2, -0.15) is 0 Å². The third-order valence-electron chi connectivity index (χ3n) is 4.33. The van der Waals surface area contributed by atoms with Crippen molar-refractivity contribution in [3.63, 3.8) is 0 Å². The molecule has 0 aliphatic carbocycles. The summed E-state index contributed by atoms with van der Waals surface area (Å²) >= 11 is 1.33. The van der Waals surface area contributed by atoms with E-state index in [1.807, 2.05) is 0 Å². The van der Waals surface area contributed by atoms with Gasteiger partial charge in [0.25, 0.3) is 0 Å².